The summed E-state index contributed by atoms with van der Waals surface area (Å²) in [5.41, 5.74) is 5.10. The molecule has 0 unspecified atom stereocenters. The number of rotatable bonds is 2. The van der Waals surface area contributed by atoms with Crippen molar-refractivity contribution in [2.75, 3.05) is 18.8 Å². The molecule has 1 aromatic carbocycles. The summed E-state index contributed by atoms with van der Waals surface area (Å²) in [5, 5.41) is 2.73. The molecule has 0 saturated carbocycles. The highest BCUT2D eigenvalue weighted by Gasteiger charge is 2.31. The number of carbonyl (C=O) groups is 2. The standard InChI is InChI=1S/C16H22FN3O3/c1-16(2,3)23-15(22)20-7-6-11(9-20)19-14(21)12-5-4-10(18)8-13(12)17/h4-5,8,11H,6-7,9,18H2,1-3H3,(H,19,21)/t11-/m1/s1. The second-order valence-corrected chi connectivity index (χ2v) is 6.62. The quantitative estimate of drug-likeness (QED) is 0.817. The summed E-state index contributed by atoms with van der Waals surface area (Å²) in [4.78, 5) is 25.6. The first-order chi connectivity index (χ1) is 10.7. The summed E-state index contributed by atoms with van der Waals surface area (Å²) in [6.07, 6.45) is 0.189. The molecule has 0 bridgehead atoms. The monoisotopic (exact) mass is 323 g/mol. The molecule has 0 aromatic heterocycles. The van der Waals surface area contributed by atoms with Crippen LogP contribution >= 0.6 is 0 Å². The highest BCUT2D eigenvalue weighted by Crippen LogP contribution is 2.17. The van der Waals surface area contributed by atoms with Crippen molar-refractivity contribution in [3.05, 3.63) is 29.6 Å². The summed E-state index contributed by atoms with van der Waals surface area (Å²) in [6.45, 7) is 6.22. The van der Waals surface area contributed by atoms with E-state index in [9.17, 15) is 14.0 Å². The predicted octanol–water partition coefficient (Wildman–Crippen LogP) is 2.15. The molecule has 0 radical (unpaired) electrons. The molecule has 6 nitrogen and oxygen atoms in total. The predicted molar refractivity (Wildman–Crippen MR) is 84.5 cm³/mol. The highest BCUT2D eigenvalue weighted by molar-refractivity contribution is 5.95. The molecule has 126 valence electrons. The Morgan fingerprint density at radius 2 is 2.09 bits per heavy atom. The highest BCUT2D eigenvalue weighted by atomic mass is 19.1. The van der Waals surface area contributed by atoms with Crippen molar-refractivity contribution in [2.24, 2.45) is 0 Å². The first kappa shape index (κ1) is 17.1. The molecule has 0 aliphatic carbocycles. The number of amides is 2. The molecule has 1 aromatic rings. The number of nitrogens with two attached hydrogens (primary N) is 1. The van der Waals surface area contributed by atoms with E-state index in [1.165, 1.54) is 17.0 Å². The summed E-state index contributed by atoms with van der Waals surface area (Å²) < 4.78 is 19.0. The van der Waals surface area contributed by atoms with Gasteiger partial charge in [-0.15, -0.1) is 0 Å². The Labute approximate surface area is 134 Å². The van der Waals surface area contributed by atoms with E-state index in [0.29, 0.717) is 19.5 Å². The lowest BCUT2D eigenvalue weighted by molar-refractivity contribution is 0.0290. The zero-order valence-corrected chi connectivity index (χ0v) is 13.6. The smallest absolute Gasteiger partial charge is 0.410 e. The van der Waals surface area contributed by atoms with Gasteiger partial charge in [-0.3, -0.25) is 4.79 Å². The largest absolute Gasteiger partial charge is 0.444 e. The minimum Gasteiger partial charge on any atom is -0.444 e. The number of carbonyl (C=O) groups excluding carboxylic acids is 2. The number of nitrogens with one attached hydrogen (secondary N) is 1. The minimum absolute atomic E-state index is 0.0603. The van der Waals surface area contributed by atoms with Gasteiger partial charge in [-0.25, -0.2) is 9.18 Å². The van der Waals surface area contributed by atoms with Gasteiger partial charge in [-0.1, -0.05) is 0 Å². The van der Waals surface area contributed by atoms with Gasteiger partial charge >= 0.3 is 6.09 Å². The fourth-order valence-electron chi connectivity index (χ4n) is 2.35. The van der Waals surface area contributed by atoms with Crippen molar-refractivity contribution in [2.45, 2.75) is 38.8 Å². The van der Waals surface area contributed by atoms with E-state index in [1.54, 1.807) is 20.8 Å². The van der Waals surface area contributed by atoms with Crippen LogP contribution in [0.3, 0.4) is 0 Å². The number of likely N-dealkylation sites (tertiary alicyclic amines) is 1. The van der Waals surface area contributed by atoms with Crippen LogP contribution < -0.4 is 11.1 Å². The zero-order chi connectivity index (χ0) is 17.2. The molecule has 1 atom stereocenters. The van der Waals surface area contributed by atoms with Gasteiger partial charge in [0.05, 0.1) is 5.56 Å². The van der Waals surface area contributed by atoms with Crippen LogP contribution in [0.15, 0.2) is 18.2 Å². The van der Waals surface area contributed by atoms with Gasteiger partial charge in [0.15, 0.2) is 0 Å². The molecule has 1 fully saturated rings. The van der Waals surface area contributed by atoms with Crippen LogP contribution in [0.25, 0.3) is 0 Å². The zero-order valence-electron chi connectivity index (χ0n) is 13.6. The van der Waals surface area contributed by atoms with Gasteiger partial charge in [0.25, 0.3) is 5.91 Å². The van der Waals surface area contributed by atoms with Crippen LogP contribution in [0, 0.1) is 5.82 Å². The second kappa shape index (κ2) is 6.44. The average Bonchev–Trinajstić information content (AvgIpc) is 2.85. The number of nitrogen functional groups attached to an aromatic ring is 1. The lowest BCUT2D eigenvalue weighted by Gasteiger charge is -2.24. The van der Waals surface area contributed by atoms with Gasteiger partial charge < -0.3 is 20.7 Å². The normalized spacial score (nSPS) is 17.9. The molecular weight excluding hydrogens is 301 g/mol. The Morgan fingerprint density at radius 3 is 2.70 bits per heavy atom. The SMILES string of the molecule is CC(C)(C)OC(=O)N1CC[C@@H](NC(=O)c2ccc(N)cc2F)C1. The maximum atomic E-state index is 13.7. The van der Waals surface area contributed by atoms with Crippen LogP contribution in [-0.2, 0) is 4.74 Å². The second-order valence-electron chi connectivity index (χ2n) is 6.62. The molecule has 1 aliphatic rings. The Bertz CT molecular complexity index is 613. The Kier molecular flexibility index (Phi) is 4.77. The van der Waals surface area contributed by atoms with Gasteiger partial charge in [0, 0.05) is 24.8 Å². The fourth-order valence-corrected chi connectivity index (χ4v) is 2.35. The van der Waals surface area contributed by atoms with Gasteiger partial charge in [0.1, 0.15) is 11.4 Å². The third kappa shape index (κ3) is 4.58. The molecule has 2 amide bonds. The van der Waals surface area contributed by atoms with Gasteiger partial charge in [0.2, 0.25) is 0 Å². The van der Waals surface area contributed by atoms with Crippen molar-refractivity contribution in [1.82, 2.24) is 10.2 Å². The van der Waals surface area contributed by atoms with Crippen molar-refractivity contribution in [3.63, 3.8) is 0 Å². The maximum Gasteiger partial charge on any atom is 0.410 e. The molecule has 2 rings (SSSR count). The van der Waals surface area contributed by atoms with E-state index >= 15 is 0 Å². The van der Waals surface area contributed by atoms with Crippen molar-refractivity contribution >= 4 is 17.7 Å². The molecule has 23 heavy (non-hydrogen) atoms. The van der Waals surface area contributed by atoms with E-state index in [1.807, 2.05) is 0 Å². The number of anilines is 1. The number of hydrogen-bond donors (Lipinski definition) is 2. The van der Waals surface area contributed by atoms with Crippen LogP contribution in [0.4, 0.5) is 14.9 Å². The van der Waals surface area contributed by atoms with E-state index in [0.717, 1.165) is 6.07 Å². The number of halogens is 1. The minimum atomic E-state index is -0.663. The number of benzene rings is 1. The molecule has 1 heterocycles. The summed E-state index contributed by atoms with van der Waals surface area (Å²) in [5.74, 6) is -1.18. The van der Waals surface area contributed by atoms with E-state index < -0.39 is 23.4 Å². The van der Waals surface area contributed by atoms with Crippen molar-refractivity contribution < 1.29 is 18.7 Å². The molecular formula is C16H22FN3O3. The molecule has 0 spiro atoms. The van der Waals surface area contributed by atoms with E-state index in [-0.39, 0.29) is 17.3 Å². The first-order valence-electron chi connectivity index (χ1n) is 7.49. The van der Waals surface area contributed by atoms with Crippen LogP contribution in [0.2, 0.25) is 0 Å². The lowest BCUT2D eigenvalue weighted by atomic mass is 10.1. The van der Waals surface area contributed by atoms with E-state index in [2.05, 4.69) is 5.32 Å². The molecule has 1 aliphatic heterocycles. The number of ether oxygens (including phenoxy) is 1. The summed E-state index contributed by atoms with van der Waals surface area (Å²) >= 11 is 0. The topological polar surface area (TPSA) is 84.7 Å². The Balaban J connectivity index is 1.92. The van der Waals surface area contributed by atoms with Gasteiger partial charge in [-0.05, 0) is 45.4 Å². The van der Waals surface area contributed by atoms with Crippen LogP contribution in [0.5, 0.6) is 0 Å². The number of nitrogens with zero attached hydrogens (tertiary/aromatic N) is 1. The maximum absolute atomic E-state index is 13.7. The van der Waals surface area contributed by atoms with Crippen molar-refractivity contribution in [3.8, 4) is 0 Å². The van der Waals surface area contributed by atoms with Crippen LogP contribution in [-0.4, -0.2) is 41.6 Å². The number of hydrogen-bond acceptors (Lipinski definition) is 4. The Morgan fingerprint density at radius 1 is 1.39 bits per heavy atom. The first-order valence-corrected chi connectivity index (χ1v) is 7.49. The lowest BCUT2D eigenvalue weighted by Crippen LogP contribution is -2.40. The fraction of sp³-hybridized carbons (Fsp3) is 0.500. The molecule has 3 N–H and O–H groups in total. The molecule has 1 saturated heterocycles. The van der Waals surface area contributed by atoms with Crippen LogP contribution in [0.1, 0.15) is 37.6 Å². The van der Waals surface area contributed by atoms with E-state index in [4.69, 9.17) is 10.5 Å². The van der Waals surface area contributed by atoms with Gasteiger partial charge in [-0.2, -0.15) is 0 Å². The summed E-state index contributed by atoms with van der Waals surface area (Å²) in [7, 11) is 0. The third-order valence-corrected chi connectivity index (χ3v) is 3.41. The Hall–Kier alpha value is -2.31. The molecule has 7 heteroatoms. The third-order valence-electron chi connectivity index (χ3n) is 3.41. The average molecular weight is 323 g/mol. The van der Waals surface area contributed by atoms with Crippen molar-refractivity contribution in [1.29, 1.82) is 0 Å². The summed E-state index contributed by atoms with van der Waals surface area (Å²) in [6, 6.07) is 3.70.